The fourth-order valence-electron chi connectivity index (χ4n) is 2.68. The minimum atomic E-state index is -1.25. The van der Waals surface area contributed by atoms with Crippen LogP contribution in [0.2, 0.25) is 0 Å². The number of rotatable bonds is 6. The van der Waals surface area contributed by atoms with Crippen molar-refractivity contribution in [3.8, 4) is 0 Å². The van der Waals surface area contributed by atoms with E-state index in [0.29, 0.717) is 12.1 Å². The van der Waals surface area contributed by atoms with Crippen molar-refractivity contribution in [3.05, 3.63) is 84.6 Å². The Morgan fingerprint density at radius 1 is 1.20 bits per heavy atom. The molecule has 1 aromatic heterocycles. The largest absolute Gasteiger partial charge is 0.378 e. The summed E-state index contributed by atoms with van der Waals surface area (Å²) in [5.74, 6) is -0.572. The maximum absolute atomic E-state index is 12.0. The van der Waals surface area contributed by atoms with Crippen molar-refractivity contribution in [1.29, 1.82) is 0 Å². The summed E-state index contributed by atoms with van der Waals surface area (Å²) in [6.07, 6.45) is 4.11. The molecule has 0 fully saturated rings. The van der Waals surface area contributed by atoms with Gasteiger partial charge in [-0.25, -0.2) is 5.43 Å². The lowest BCUT2D eigenvalue weighted by atomic mass is 10.1. The van der Waals surface area contributed by atoms with E-state index in [-0.39, 0.29) is 0 Å². The van der Waals surface area contributed by atoms with Gasteiger partial charge in [-0.15, -0.1) is 6.58 Å². The van der Waals surface area contributed by atoms with Crippen LogP contribution in [0.5, 0.6) is 0 Å². The average molecular weight is 333 g/mol. The molecule has 5 nitrogen and oxygen atoms in total. The standard InChI is InChI=1S/C20H19N3O2/c1-2-12-23-14-16(17-10-6-7-11-18(17)23)13-21-22-20(25)19(24)15-8-4-3-5-9-15/h2-11,13-14,19,24H,1,12H2,(H,22,25)/b21-13-/t19-/m0/s1. The zero-order chi connectivity index (χ0) is 17.6. The Kier molecular flexibility index (Phi) is 5.06. The van der Waals surface area contributed by atoms with Crippen molar-refractivity contribution in [2.75, 3.05) is 0 Å². The number of nitrogens with one attached hydrogen (secondary N) is 1. The number of hydrogen-bond acceptors (Lipinski definition) is 3. The van der Waals surface area contributed by atoms with Crippen molar-refractivity contribution in [1.82, 2.24) is 9.99 Å². The van der Waals surface area contributed by atoms with Gasteiger partial charge in [0.05, 0.1) is 6.21 Å². The molecule has 1 amide bonds. The molecule has 1 heterocycles. The first-order valence-electron chi connectivity index (χ1n) is 7.95. The molecule has 5 heteroatoms. The summed E-state index contributed by atoms with van der Waals surface area (Å²) in [7, 11) is 0. The number of hydrogen-bond donors (Lipinski definition) is 2. The second-order valence-corrected chi connectivity index (χ2v) is 5.59. The number of allylic oxidation sites excluding steroid dienone is 1. The normalized spacial score (nSPS) is 12.4. The zero-order valence-corrected chi connectivity index (χ0v) is 13.7. The van der Waals surface area contributed by atoms with E-state index in [4.69, 9.17) is 0 Å². The predicted molar refractivity (Wildman–Crippen MR) is 99.3 cm³/mol. The molecule has 2 N–H and O–H groups in total. The lowest BCUT2D eigenvalue weighted by Crippen LogP contribution is -2.25. The van der Waals surface area contributed by atoms with Gasteiger partial charge in [-0.05, 0) is 11.6 Å². The molecule has 3 aromatic rings. The number of aliphatic hydroxyl groups excluding tert-OH is 1. The van der Waals surface area contributed by atoms with E-state index in [1.807, 2.05) is 42.6 Å². The Balaban J connectivity index is 1.75. The summed E-state index contributed by atoms with van der Waals surface area (Å²) in [6, 6.07) is 16.7. The van der Waals surface area contributed by atoms with Crippen molar-refractivity contribution < 1.29 is 9.90 Å². The van der Waals surface area contributed by atoms with Gasteiger partial charge in [-0.1, -0.05) is 54.6 Å². The summed E-state index contributed by atoms with van der Waals surface area (Å²) >= 11 is 0. The molecular weight excluding hydrogens is 314 g/mol. The van der Waals surface area contributed by atoms with Gasteiger partial charge in [0.15, 0.2) is 6.10 Å². The summed E-state index contributed by atoms with van der Waals surface area (Å²) in [6.45, 7) is 4.45. The monoisotopic (exact) mass is 333 g/mol. The molecule has 0 aliphatic rings. The van der Waals surface area contributed by atoms with Gasteiger partial charge in [0.25, 0.3) is 5.91 Å². The Hall–Kier alpha value is -3.18. The number of fused-ring (bicyclic) bond motifs is 1. The van der Waals surface area contributed by atoms with Crippen molar-refractivity contribution >= 4 is 23.0 Å². The van der Waals surface area contributed by atoms with E-state index in [1.54, 1.807) is 30.5 Å². The number of carbonyl (C=O) groups is 1. The first-order chi connectivity index (χ1) is 12.2. The van der Waals surface area contributed by atoms with Crippen LogP contribution in [0.1, 0.15) is 17.2 Å². The van der Waals surface area contributed by atoms with E-state index in [2.05, 4.69) is 21.7 Å². The van der Waals surface area contributed by atoms with Gasteiger partial charge >= 0.3 is 0 Å². The average Bonchev–Trinajstić information content (AvgIpc) is 3.00. The highest BCUT2D eigenvalue weighted by Crippen LogP contribution is 2.20. The van der Waals surface area contributed by atoms with Crippen LogP contribution < -0.4 is 5.43 Å². The van der Waals surface area contributed by atoms with Crippen LogP contribution in [0.15, 0.2) is 78.6 Å². The van der Waals surface area contributed by atoms with Crippen LogP contribution in [0.3, 0.4) is 0 Å². The number of para-hydroxylation sites is 1. The molecule has 0 saturated carbocycles. The maximum Gasteiger partial charge on any atom is 0.273 e. The van der Waals surface area contributed by atoms with Gasteiger partial charge in [0.2, 0.25) is 0 Å². The first-order valence-corrected chi connectivity index (χ1v) is 7.95. The topological polar surface area (TPSA) is 66.6 Å². The fraction of sp³-hybridized carbons (Fsp3) is 0.100. The first kappa shape index (κ1) is 16.7. The molecule has 3 rings (SSSR count). The number of amides is 1. The van der Waals surface area contributed by atoms with Gasteiger partial charge in [0.1, 0.15) is 0 Å². The zero-order valence-electron chi connectivity index (χ0n) is 13.7. The Morgan fingerprint density at radius 3 is 2.68 bits per heavy atom. The molecule has 2 aromatic carbocycles. The number of hydrazone groups is 1. The van der Waals surface area contributed by atoms with E-state index < -0.39 is 12.0 Å². The van der Waals surface area contributed by atoms with Crippen LogP contribution in [0, 0.1) is 0 Å². The molecule has 0 aliphatic carbocycles. The fourth-order valence-corrected chi connectivity index (χ4v) is 2.68. The van der Waals surface area contributed by atoms with Gasteiger partial charge < -0.3 is 9.67 Å². The minimum Gasteiger partial charge on any atom is -0.378 e. The highest BCUT2D eigenvalue weighted by Gasteiger charge is 2.16. The quantitative estimate of drug-likeness (QED) is 0.414. The Labute approximate surface area is 145 Å². The molecule has 0 saturated heterocycles. The van der Waals surface area contributed by atoms with E-state index >= 15 is 0 Å². The third kappa shape index (κ3) is 3.67. The van der Waals surface area contributed by atoms with Crippen LogP contribution in [-0.2, 0) is 11.3 Å². The summed E-state index contributed by atoms with van der Waals surface area (Å²) in [5.41, 5.74) is 4.86. The van der Waals surface area contributed by atoms with Gasteiger partial charge in [-0.3, -0.25) is 4.79 Å². The van der Waals surface area contributed by atoms with E-state index in [0.717, 1.165) is 16.5 Å². The smallest absolute Gasteiger partial charge is 0.273 e. The highest BCUT2D eigenvalue weighted by molar-refractivity contribution is 5.99. The predicted octanol–water partition coefficient (Wildman–Crippen LogP) is 3.01. The van der Waals surface area contributed by atoms with Crippen molar-refractivity contribution in [3.63, 3.8) is 0 Å². The molecule has 25 heavy (non-hydrogen) atoms. The van der Waals surface area contributed by atoms with Crippen LogP contribution >= 0.6 is 0 Å². The van der Waals surface area contributed by atoms with E-state index in [1.165, 1.54) is 0 Å². The highest BCUT2D eigenvalue weighted by atomic mass is 16.3. The number of nitrogens with zero attached hydrogens (tertiary/aromatic N) is 2. The number of carbonyl (C=O) groups excluding carboxylic acids is 1. The van der Waals surface area contributed by atoms with Gasteiger partial charge in [0, 0.05) is 29.2 Å². The number of aromatic nitrogens is 1. The molecular formula is C20H19N3O2. The molecule has 126 valence electrons. The molecule has 0 spiro atoms. The molecule has 0 radical (unpaired) electrons. The second kappa shape index (κ2) is 7.59. The maximum atomic E-state index is 12.0. The summed E-state index contributed by atoms with van der Waals surface area (Å²) < 4.78 is 2.06. The summed E-state index contributed by atoms with van der Waals surface area (Å²) in [4.78, 5) is 12.0. The van der Waals surface area contributed by atoms with Crippen molar-refractivity contribution in [2.45, 2.75) is 12.6 Å². The third-order valence-corrected chi connectivity index (χ3v) is 3.89. The lowest BCUT2D eigenvalue weighted by molar-refractivity contribution is -0.129. The SMILES string of the molecule is C=CCn1cc(/C=N\NC(=O)[C@@H](O)c2ccccc2)c2ccccc21. The Morgan fingerprint density at radius 2 is 1.92 bits per heavy atom. The minimum absolute atomic E-state index is 0.526. The number of aliphatic hydroxyl groups is 1. The van der Waals surface area contributed by atoms with Crippen LogP contribution in [0.25, 0.3) is 10.9 Å². The van der Waals surface area contributed by atoms with Gasteiger partial charge in [-0.2, -0.15) is 5.10 Å². The van der Waals surface area contributed by atoms with Crippen LogP contribution in [0.4, 0.5) is 0 Å². The molecule has 0 bridgehead atoms. The number of benzene rings is 2. The molecule has 1 atom stereocenters. The molecule has 0 aliphatic heterocycles. The lowest BCUT2D eigenvalue weighted by Gasteiger charge is -2.08. The summed E-state index contributed by atoms with van der Waals surface area (Å²) in [5, 5.41) is 15.1. The molecule has 0 unspecified atom stereocenters. The van der Waals surface area contributed by atoms with E-state index in [9.17, 15) is 9.90 Å². The van der Waals surface area contributed by atoms with Crippen LogP contribution in [-0.4, -0.2) is 21.8 Å². The second-order valence-electron chi connectivity index (χ2n) is 5.59. The third-order valence-electron chi connectivity index (χ3n) is 3.89. The van der Waals surface area contributed by atoms with Crippen molar-refractivity contribution in [2.24, 2.45) is 5.10 Å². The Bertz CT molecular complexity index is 913.